The summed E-state index contributed by atoms with van der Waals surface area (Å²) in [5.41, 5.74) is 0. The van der Waals surface area contributed by atoms with Crippen LogP contribution >= 0.6 is 15.9 Å². The van der Waals surface area contributed by atoms with Crippen molar-refractivity contribution in [2.45, 2.75) is 24.9 Å². The van der Waals surface area contributed by atoms with Gasteiger partial charge in [0.05, 0.1) is 0 Å². The summed E-state index contributed by atoms with van der Waals surface area (Å²) in [5, 5.41) is 1.14. The van der Waals surface area contributed by atoms with Gasteiger partial charge in [0.25, 0.3) is 0 Å². The molecule has 0 spiro atoms. The monoisotopic (exact) mass is 208 g/mol. The third kappa shape index (κ3) is 2.82. The maximum absolute atomic E-state index is 5.63. The zero-order valence-electron chi connectivity index (χ0n) is 5.61. The number of hydrogen-bond donors (Lipinski definition) is 0. The molecule has 1 atom stereocenters. The highest BCUT2D eigenvalue weighted by molar-refractivity contribution is 9.09. The molecule has 1 rings (SSSR count). The van der Waals surface area contributed by atoms with Gasteiger partial charge < -0.3 is 4.43 Å². The second-order valence-corrected chi connectivity index (χ2v) is 5.99. The van der Waals surface area contributed by atoms with E-state index < -0.39 is 9.04 Å². The highest BCUT2D eigenvalue weighted by atomic mass is 79.9. The Bertz CT molecular complexity index is 70.7. The second-order valence-electron chi connectivity index (χ2n) is 2.47. The Morgan fingerprint density at radius 1 is 1.44 bits per heavy atom. The molecule has 0 aromatic heterocycles. The predicted molar refractivity (Wildman–Crippen MR) is 45.7 cm³/mol. The molecule has 1 nitrogen and oxygen atoms in total. The maximum atomic E-state index is 5.63. The molecule has 1 fully saturated rings. The van der Waals surface area contributed by atoms with Gasteiger partial charge in [-0.1, -0.05) is 22.4 Å². The van der Waals surface area contributed by atoms with Crippen molar-refractivity contribution in [3.8, 4) is 0 Å². The molecule has 9 heavy (non-hydrogen) atoms. The van der Waals surface area contributed by atoms with E-state index in [-0.39, 0.29) is 0 Å². The first-order valence-corrected chi connectivity index (χ1v) is 6.83. The van der Waals surface area contributed by atoms with E-state index in [2.05, 4.69) is 15.9 Å². The van der Waals surface area contributed by atoms with Crippen molar-refractivity contribution >= 4 is 25.0 Å². The van der Waals surface area contributed by atoms with Gasteiger partial charge in [-0.3, -0.25) is 0 Å². The van der Waals surface area contributed by atoms with Gasteiger partial charge in [-0.2, -0.15) is 0 Å². The van der Waals surface area contributed by atoms with Crippen LogP contribution in [-0.4, -0.2) is 21.0 Å². The highest BCUT2D eigenvalue weighted by Gasteiger charge is 2.14. The van der Waals surface area contributed by atoms with Gasteiger partial charge in [0.15, 0.2) is 9.04 Å². The molecular weight excluding hydrogens is 196 g/mol. The Morgan fingerprint density at radius 3 is 2.89 bits per heavy atom. The van der Waals surface area contributed by atoms with Gasteiger partial charge in [-0.05, 0) is 18.5 Å². The topological polar surface area (TPSA) is 9.23 Å². The predicted octanol–water partition coefficient (Wildman–Crippen LogP) is 1.92. The van der Waals surface area contributed by atoms with Gasteiger partial charge in [-0.15, -0.1) is 0 Å². The summed E-state index contributed by atoms with van der Waals surface area (Å²) in [7, 11) is -0.673. The van der Waals surface area contributed by atoms with Crippen molar-refractivity contribution in [2.24, 2.45) is 0 Å². The molecule has 1 aliphatic heterocycles. The van der Waals surface area contributed by atoms with E-state index in [1.165, 1.54) is 24.9 Å². The first kappa shape index (κ1) is 7.76. The first-order chi connectivity index (χ1) is 4.43. The number of alkyl halides is 1. The molecule has 0 N–H and O–H groups in total. The number of halogens is 1. The molecule has 0 amide bonds. The lowest BCUT2D eigenvalue weighted by Gasteiger charge is -2.19. The van der Waals surface area contributed by atoms with Gasteiger partial charge in [0.1, 0.15) is 0 Å². The molecule has 0 aromatic carbocycles. The van der Waals surface area contributed by atoms with Crippen molar-refractivity contribution in [3.05, 3.63) is 0 Å². The summed E-state index contributed by atoms with van der Waals surface area (Å²) in [6, 6.07) is 2.73. The van der Waals surface area contributed by atoms with Gasteiger partial charge in [-0.25, -0.2) is 0 Å². The van der Waals surface area contributed by atoms with Gasteiger partial charge in [0, 0.05) is 11.9 Å². The van der Waals surface area contributed by atoms with E-state index in [1.807, 2.05) is 0 Å². The van der Waals surface area contributed by atoms with E-state index in [4.69, 9.17) is 4.43 Å². The Kier molecular flexibility index (Phi) is 3.85. The first-order valence-electron chi connectivity index (χ1n) is 3.61. The molecule has 0 aromatic rings. The van der Waals surface area contributed by atoms with Crippen LogP contribution in [0.25, 0.3) is 0 Å². The molecule has 3 heteroatoms. The molecule has 54 valence electrons. The quantitative estimate of drug-likeness (QED) is 0.498. The normalized spacial score (nSPS) is 28.3. The smallest absolute Gasteiger partial charge is 0.177 e. The molecule has 0 radical (unpaired) electrons. The van der Waals surface area contributed by atoms with Crippen molar-refractivity contribution in [3.63, 3.8) is 0 Å². The third-order valence-corrected chi connectivity index (χ3v) is 5.70. The average molecular weight is 209 g/mol. The van der Waals surface area contributed by atoms with Crippen LogP contribution in [0, 0.1) is 0 Å². The maximum Gasteiger partial charge on any atom is 0.177 e. The van der Waals surface area contributed by atoms with Crippen molar-refractivity contribution in [1.82, 2.24) is 0 Å². The lowest BCUT2D eigenvalue weighted by Crippen LogP contribution is -2.23. The minimum absolute atomic E-state index is 0.673. The highest BCUT2D eigenvalue weighted by Crippen LogP contribution is 2.14. The summed E-state index contributed by atoms with van der Waals surface area (Å²) in [5.74, 6) is 0. The fourth-order valence-electron chi connectivity index (χ4n) is 1.16. The molecule has 0 saturated carbocycles. The number of hydrogen-bond acceptors (Lipinski definition) is 1. The minimum Gasteiger partial charge on any atom is -0.420 e. The van der Waals surface area contributed by atoms with Crippen LogP contribution in [0.5, 0.6) is 0 Å². The van der Waals surface area contributed by atoms with Crippen LogP contribution in [0.4, 0.5) is 0 Å². The van der Waals surface area contributed by atoms with Crippen molar-refractivity contribution in [2.75, 3.05) is 11.9 Å². The third-order valence-electron chi connectivity index (χ3n) is 1.71. The van der Waals surface area contributed by atoms with Crippen molar-refractivity contribution in [1.29, 1.82) is 0 Å². The second kappa shape index (κ2) is 4.47. The summed E-state index contributed by atoms with van der Waals surface area (Å²) in [4.78, 5) is 0. The largest absolute Gasteiger partial charge is 0.420 e. The molecule has 1 unspecified atom stereocenters. The Hall–Kier alpha value is 0.657. The van der Waals surface area contributed by atoms with Crippen LogP contribution in [0.2, 0.25) is 12.1 Å². The fraction of sp³-hybridized carbons (Fsp3) is 1.00. The van der Waals surface area contributed by atoms with Crippen LogP contribution in [0.1, 0.15) is 12.8 Å². The van der Waals surface area contributed by atoms with E-state index in [0.29, 0.717) is 0 Å². The van der Waals surface area contributed by atoms with Gasteiger partial charge >= 0.3 is 0 Å². The molecular formula is C6H13BrOSi. The summed E-state index contributed by atoms with van der Waals surface area (Å²) in [6.07, 6.45) is 2.72. The Labute approximate surface area is 66.6 Å². The van der Waals surface area contributed by atoms with Gasteiger partial charge in [0.2, 0.25) is 0 Å². The van der Waals surface area contributed by atoms with E-state index in [1.54, 1.807) is 0 Å². The zero-order chi connectivity index (χ0) is 6.53. The zero-order valence-corrected chi connectivity index (χ0v) is 8.35. The Morgan fingerprint density at radius 2 is 2.33 bits per heavy atom. The molecule has 0 aliphatic carbocycles. The number of rotatable bonds is 2. The van der Waals surface area contributed by atoms with E-state index in [0.717, 1.165) is 11.9 Å². The van der Waals surface area contributed by atoms with Crippen LogP contribution in [0.3, 0.4) is 0 Å². The van der Waals surface area contributed by atoms with Crippen LogP contribution in [-0.2, 0) is 4.43 Å². The molecule has 1 saturated heterocycles. The lowest BCUT2D eigenvalue weighted by atomic mass is 10.4. The van der Waals surface area contributed by atoms with E-state index in [9.17, 15) is 0 Å². The minimum atomic E-state index is -0.673. The average Bonchev–Trinajstić information content (AvgIpc) is 1.91. The SMILES string of the molecule is BrCC[SiH]1CCCCO1. The summed E-state index contributed by atoms with van der Waals surface area (Å²) in [6.45, 7) is 1.05. The summed E-state index contributed by atoms with van der Waals surface area (Å²) < 4.78 is 5.63. The molecule has 1 heterocycles. The van der Waals surface area contributed by atoms with E-state index >= 15 is 0 Å². The summed E-state index contributed by atoms with van der Waals surface area (Å²) >= 11 is 3.44. The lowest BCUT2D eigenvalue weighted by molar-refractivity contribution is 0.287. The molecule has 1 aliphatic rings. The van der Waals surface area contributed by atoms with Crippen LogP contribution < -0.4 is 0 Å². The standard InChI is InChI=1S/C6H13BrOSi/c7-3-6-9-5-2-1-4-8-9/h9H,1-6H2. The Balaban J connectivity index is 2.08. The molecule has 0 bridgehead atoms. The van der Waals surface area contributed by atoms with Crippen LogP contribution in [0.15, 0.2) is 0 Å². The van der Waals surface area contributed by atoms with Crippen molar-refractivity contribution < 1.29 is 4.43 Å². The fourth-order valence-corrected chi connectivity index (χ4v) is 4.80.